The fourth-order valence-corrected chi connectivity index (χ4v) is 3.25. The summed E-state index contributed by atoms with van der Waals surface area (Å²) in [5, 5.41) is 5.83. The maximum atomic E-state index is 12.4. The van der Waals surface area contributed by atoms with E-state index in [0.29, 0.717) is 6.54 Å². The molecule has 1 aliphatic heterocycles. The van der Waals surface area contributed by atoms with Crippen LogP contribution in [0.1, 0.15) is 50.0 Å². The predicted octanol–water partition coefficient (Wildman–Crippen LogP) is 3.12. The van der Waals surface area contributed by atoms with Crippen molar-refractivity contribution in [3.05, 3.63) is 41.5 Å². The van der Waals surface area contributed by atoms with Crippen LogP contribution in [-0.2, 0) is 9.59 Å². The van der Waals surface area contributed by atoms with Gasteiger partial charge >= 0.3 is 0 Å². The third-order valence-corrected chi connectivity index (χ3v) is 4.45. The maximum absolute atomic E-state index is 12.4. The molecule has 4 heteroatoms. The number of hydrogen-bond donors (Lipinski definition) is 2. The quantitative estimate of drug-likeness (QED) is 0.839. The van der Waals surface area contributed by atoms with Crippen molar-refractivity contribution in [1.29, 1.82) is 0 Å². The van der Waals surface area contributed by atoms with Gasteiger partial charge in [0.25, 0.3) is 0 Å². The fraction of sp³-hybridized carbons (Fsp3) is 0.444. The first-order valence-electron chi connectivity index (χ1n) is 8.08. The van der Waals surface area contributed by atoms with Gasteiger partial charge in [0.05, 0.1) is 5.92 Å². The summed E-state index contributed by atoms with van der Waals surface area (Å²) in [6, 6.07) is 7.54. The van der Waals surface area contributed by atoms with Crippen LogP contribution in [-0.4, -0.2) is 18.4 Å². The first-order valence-corrected chi connectivity index (χ1v) is 8.08. The predicted molar refractivity (Wildman–Crippen MR) is 86.6 cm³/mol. The molecular weight excluding hydrogens is 276 g/mol. The van der Waals surface area contributed by atoms with Gasteiger partial charge in [-0.25, -0.2) is 0 Å². The minimum atomic E-state index is -0.370. The molecule has 0 bridgehead atoms. The number of hydrogen-bond acceptors (Lipinski definition) is 2. The molecular formula is C18H22N2O2. The van der Waals surface area contributed by atoms with E-state index < -0.39 is 0 Å². The lowest BCUT2D eigenvalue weighted by Gasteiger charge is -2.25. The Hall–Kier alpha value is -2.10. The molecule has 0 aromatic heterocycles. The zero-order valence-electron chi connectivity index (χ0n) is 12.7. The van der Waals surface area contributed by atoms with Crippen LogP contribution in [0.3, 0.4) is 0 Å². The van der Waals surface area contributed by atoms with Crippen molar-refractivity contribution in [2.24, 2.45) is 0 Å². The van der Waals surface area contributed by atoms with Crippen molar-refractivity contribution in [2.75, 3.05) is 11.9 Å². The molecule has 22 heavy (non-hydrogen) atoms. The lowest BCUT2D eigenvalue weighted by Crippen LogP contribution is -2.35. The number of para-hydroxylation sites is 1. The smallest absolute Gasteiger partial charge is 0.228 e. The standard InChI is InChI=1S/C18H22N2O2/c21-17-12-15(14-8-4-5-9-16(14)20-17)18(22)19-11-10-13-6-2-1-3-7-13/h4-6,8-9,15H,1-3,7,10-12H2,(H,19,22)(H,20,21)/t15-/m1/s1. The Morgan fingerprint density at radius 3 is 2.95 bits per heavy atom. The van der Waals surface area contributed by atoms with E-state index in [-0.39, 0.29) is 24.2 Å². The zero-order valence-corrected chi connectivity index (χ0v) is 12.7. The lowest BCUT2D eigenvalue weighted by molar-refractivity contribution is -0.126. The molecule has 1 atom stereocenters. The van der Waals surface area contributed by atoms with Crippen molar-refractivity contribution >= 4 is 17.5 Å². The fourth-order valence-electron chi connectivity index (χ4n) is 3.25. The van der Waals surface area contributed by atoms with Crippen molar-refractivity contribution < 1.29 is 9.59 Å². The second-order valence-electron chi connectivity index (χ2n) is 6.04. The molecule has 0 spiro atoms. The molecule has 2 aliphatic rings. The number of carbonyl (C=O) groups is 2. The van der Waals surface area contributed by atoms with Crippen molar-refractivity contribution in [2.45, 2.75) is 44.4 Å². The molecule has 1 aromatic rings. The van der Waals surface area contributed by atoms with E-state index >= 15 is 0 Å². The van der Waals surface area contributed by atoms with Crippen LogP contribution < -0.4 is 10.6 Å². The van der Waals surface area contributed by atoms with Gasteiger partial charge in [0.1, 0.15) is 0 Å². The Morgan fingerprint density at radius 1 is 1.27 bits per heavy atom. The Bertz CT molecular complexity index is 607. The summed E-state index contributed by atoms with van der Waals surface area (Å²) in [5.74, 6) is -0.502. The molecule has 0 saturated carbocycles. The van der Waals surface area contributed by atoms with Gasteiger partial charge in [-0.2, -0.15) is 0 Å². The summed E-state index contributed by atoms with van der Waals surface area (Å²) in [6.45, 7) is 0.658. The van der Waals surface area contributed by atoms with Crippen molar-refractivity contribution in [3.63, 3.8) is 0 Å². The van der Waals surface area contributed by atoms with Crippen molar-refractivity contribution in [3.8, 4) is 0 Å². The third-order valence-electron chi connectivity index (χ3n) is 4.45. The van der Waals surface area contributed by atoms with Crippen LogP contribution in [0.2, 0.25) is 0 Å². The van der Waals surface area contributed by atoms with Gasteiger partial charge in [0.15, 0.2) is 0 Å². The van der Waals surface area contributed by atoms with Gasteiger partial charge in [-0.1, -0.05) is 29.8 Å². The van der Waals surface area contributed by atoms with Crippen LogP contribution in [0.5, 0.6) is 0 Å². The number of amides is 2. The molecule has 0 saturated heterocycles. The first-order chi connectivity index (χ1) is 10.7. The van der Waals surface area contributed by atoms with E-state index in [2.05, 4.69) is 16.7 Å². The van der Waals surface area contributed by atoms with E-state index in [9.17, 15) is 9.59 Å². The number of nitrogens with one attached hydrogen (secondary N) is 2. The van der Waals surface area contributed by atoms with Crippen molar-refractivity contribution in [1.82, 2.24) is 5.32 Å². The number of rotatable bonds is 4. The molecule has 2 amide bonds. The van der Waals surface area contributed by atoms with Crippen LogP contribution in [0.4, 0.5) is 5.69 Å². The Balaban J connectivity index is 1.60. The maximum Gasteiger partial charge on any atom is 0.228 e. The summed E-state index contributed by atoms with van der Waals surface area (Å²) in [7, 11) is 0. The minimum absolute atomic E-state index is 0.0429. The monoisotopic (exact) mass is 298 g/mol. The third kappa shape index (κ3) is 3.38. The van der Waals surface area contributed by atoms with Gasteiger partial charge in [-0.15, -0.1) is 0 Å². The summed E-state index contributed by atoms with van der Waals surface area (Å²) < 4.78 is 0. The van der Waals surface area contributed by atoms with E-state index in [1.807, 2.05) is 24.3 Å². The Labute approximate surface area is 131 Å². The lowest BCUT2D eigenvalue weighted by atomic mass is 9.89. The van der Waals surface area contributed by atoms with Crippen LogP contribution in [0.15, 0.2) is 35.9 Å². The SMILES string of the molecule is O=C1C[C@@H](C(=O)NCCC2=CCCCC2)c2ccccc2N1. The number of fused-ring (bicyclic) bond motifs is 1. The average molecular weight is 298 g/mol. The summed E-state index contributed by atoms with van der Waals surface area (Å²) in [4.78, 5) is 24.2. The highest BCUT2D eigenvalue weighted by Crippen LogP contribution is 2.32. The normalized spacial score (nSPS) is 20.6. The molecule has 0 unspecified atom stereocenters. The largest absolute Gasteiger partial charge is 0.355 e. The topological polar surface area (TPSA) is 58.2 Å². The highest BCUT2D eigenvalue weighted by atomic mass is 16.2. The second-order valence-corrected chi connectivity index (χ2v) is 6.04. The number of benzene rings is 1. The average Bonchev–Trinajstić information content (AvgIpc) is 2.55. The molecule has 1 aliphatic carbocycles. The van der Waals surface area contributed by atoms with E-state index in [1.165, 1.54) is 24.8 Å². The highest BCUT2D eigenvalue weighted by Gasteiger charge is 2.30. The van der Waals surface area contributed by atoms with Crippen LogP contribution in [0, 0.1) is 0 Å². The Kier molecular flexibility index (Phi) is 4.56. The van der Waals surface area contributed by atoms with E-state index in [4.69, 9.17) is 0 Å². The van der Waals surface area contributed by atoms with E-state index in [1.54, 1.807) is 0 Å². The highest BCUT2D eigenvalue weighted by molar-refractivity contribution is 6.01. The second kappa shape index (κ2) is 6.77. The Morgan fingerprint density at radius 2 is 2.14 bits per heavy atom. The minimum Gasteiger partial charge on any atom is -0.355 e. The number of carbonyl (C=O) groups excluding carboxylic acids is 2. The zero-order chi connectivity index (χ0) is 15.4. The van der Waals surface area contributed by atoms with Gasteiger partial charge in [0, 0.05) is 18.7 Å². The molecule has 4 nitrogen and oxygen atoms in total. The summed E-state index contributed by atoms with van der Waals surface area (Å²) in [5.41, 5.74) is 3.12. The van der Waals surface area contributed by atoms with Crippen LogP contribution >= 0.6 is 0 Å². The summed E-state index contributed by atoms with van der Waals surface area (Å²) >= 11 is 0. The van der Waals surface area contributed by atoms with Gasteiger partial charge < -0.3 is 10.6 Å². The molecule has 1 heterocycles. The first kappa shape index (κ1) is 14.8. The van der Waals surface area contributed by atoms with Gasteiger partial charge in [0.2, 0.25) is 11.8 Å². The van der Waals surface area contributed by atoms with Gasteiger partial charge in [-0.05, 0) is 43.7 Å². The number of anilines is 1. The van der Waals surface area contributed by atoms with Gasteiger partial charge in [-0.3, -0.25) is 9.59 Å². The molecule has 1 aromatic carbocycles. The molecule has 116 valence electrons. The molecule has 0 fully saturated rings. The molecule has 3 rings (SSSR count). The molecule has 2 N–H and O–H groups in total. The number of allylic oxidation sites excluding steroid dienone is 1. The summed E-state index contributed by atoms with van der Waals surface area (Å²) in [6.07, 6.45) is 8.32. The van der Waals surface area contributed by atoms with E-state index in [0.717, 1.165) is 24.1 Å². The van der Waals surface area contributed by atoms with Crippen LogP contribution in [0.25, 0.3) is 0 Å². The molecule has 0 radical (unpaired) electrons.